The fraction of sp³-hybridized carbons (Fsp3) is 0.440. The Kier molecular flexibility index (Phi) is 5.26. The zero-order chi connectivity index (χ0) is 21.5. The zero-order valence-corrected chi connectivity index (χ0v) is 18.2. The topological polar surface area (TPSA) is 41.4 Å². The maximum atomic E-state index is 14.0. The molecule has 1 aliphatic carbocycles. The molecule has 0 N–H and O–H groups in total. The Balaban J connectivity index is 1.27. The van der Waals surface area contributed by atoms with Crippen molar-refractivity contribution in [1.29, 1.82) is 0 Å². The molecule has 2 aliphatic rings. The molecule has 2 aromatic carbocycles. The molecule has 31 heavy (non-hydrogen) atoms. The van der Waals surface area contributed by atoms with Gasteiger partial charge in [-0.25, -0.2) is 9.37 Å². The number of benzene rings is 2. The van der Waals surface area contributed by atoms with E-state index in [0.29, 0.717) is 23.7 Å². The summed E-state index contributed by atoms with van der Waals surface area (Å²) < 4.78 is 16.0. The first-order valence-electron chi connectivity index (χ1n) is 11.2. The number of rotatable bonds is 5. The van der Waals surface area contributed by atoms with Gasteiger partial charge in [0.1, 0.15) is 11.3 Å². The van der Waals surface area contributed by atoms with Crippen LogP contribution in [0.2, 0.25) is 0 Å². The molecule has 1 saturated carbocycles. The van der Waals surface area contributed by atoms with Crippen molar-refractivity contribution in [3.8, 4) is 0 Å². The first-order chi connectivity index (χ1) is 15.0. The summed E-state index contributed by atoms with van der Waals surface area (Å²) in [4.78, 5) is 21.9. The molecular weight excluding hydrogens is 391 g/mol. The highest BCUT2D eigenvalue weighted by Crippen LogP contribution is 2.29. The highest BCUT2D eigenvalue weighted by Gasteiger charge is 2.34. The number of likely N-dealkylation sites (N-methyl/N-ethyl adjacent to an activating group) is 1. The number of para-hydroxylation sites is 1. The molecule has 6 heteroatoms. The van der Waals surface area contributed by atoms with Crippen LogP contribution in [0.3, 0.4) is 0 Å². The van der Waals surface area contributed by atoms with E-state index in [1.165, 1.54) is 25.3 Å². The lowest BCUT2D eigenvalue weighted by atomic mass is 9.92. The number of hydrogen-bond acceptors (Lipinski definition) is 3. The van der Waals surface area contributed by atoms with Crippen LogP contribution < -0.4 is 0 Å². The zero-order valence-electron chi connectivity index (χ0n) is 18.2. The minimum atomic E-state index is -0.300. The molecule has 1 aliphatic heterocycles. The molecule has 3 aromatic rings. The average Bonchev–Trinajstić information content (AvgIpc) is 3.33. The lowest BCUT2D eigenvalue weighted by molar-refractivity contribution is 0.0720. The van der Waals surface area contributed by atoms with Crippen molar-refractivity contribution in [2.75, 3.05) is 20.1 Å². The molecule has 5 nitrogen and oxygen atoms in total. The molecular formula is C25H29FN4O. The Morgan fingerprint density at radius 2 is 1.94 bits per heavy atom. The van der Waals surface area contributed by atoms with Gasteiger partial charge in [-0.1, -0.05) is 24.6 Å². The largest absolute Gasteiger partial charge is 0.337 e. The van der Waals surface area contributed by atoms with Gasteiger partial charge in [0.15, 0.2) is 5.82 Å². The Morgan fingerprint density at radius 3 is 2.65 bits per heavy atom. The Morgan fingerprint density at radius 1 is 1.16 bits per heavy atom. The van der Waals surface area contributed by atoms with E-state index >= 15 is 0 Å². The maximum Gasteiger partial charge on any atom is 0.253 e. The van der Waals surface area contributed by atoms with Crippen LogP contribution in [0.5, 0.6) is 0 Å². The van der Waals surface area contributed by atoms with Crippen LogP contribution in [-0.4, -0.2) is 57.5 Å². The van der Waals surface area contributed by atoms with Gasteiger partial charge in [-0.3, -0.25) is 9.69 Å². The standard InChI is InChI=1S/C25H29FN4O/c1-17-27-24-22(26)7-4-8-23(24)30(17)15-18-9-11-19(12-10-18)25(31)28(2)21-13-14-29(16-21)20-5-3-6-20/h4,7-12,20-21H,3,5-6,13-16H2,1-2H3. The molecule has 162 valence electrons. The molecule has 0 bridgehead atoms. The summed E-state index contributed by atoms with van der Waals surface area (Å²) in [5.74, 6) is 0.557. The highest BCUT2D eigenvalue weighted by atomic mass is 19.1. The van der Waals surface area contributed by atoms with Gasteiger partial charge < -0.3 is 9.47 Å². The predicted octanol–water partition coefficient (Wildman–Crippen LogP) is 4.23. The lowest BCUT2D eigenvalue weighted by Gasteiger charge is -2.35. The van der Waals surface area contributed by atoms with E-state index < -0.39 is 0 Å². The molecule has 1 atom stereocenters. The summed E-state index contributed by atoms with van der Waals surface area (Å²) in [6.07, 6.45) is 5.02. The van der Waals surface area contributed by atoms with E-state index in [4.69, 9.17) is 0 Å². The smallest absolute Gasteiger partial charge is 0.253 e. The minimum absolute atomic E-state index is 0.0818. The van der Waals surface area contributed by atoms with Crippen molar-refractivity contribution in [3.05, 3.63) is 65.2 Å². The second-order valence-corrected chi connectivity index (χ2v) is 8.99. The van der Waals surface area contributed by atoms with Crippen molar-refractivity contribution in [2.24, 2.45) is 0 Å². The van der Waals surface area contributed by atoms with Crippen LogP contribution in [0, 0.1) is 12.7 Å². The third kappa shape index (κ3) is 3.74. The first-order valence-corrected chi connectivity index (χ1v) is 11.2. The van der Waals surface area contributed by atoms with Crippen molar-refractivity contribution in [1.82, 2.24) is 19.4 Å². The number of hydrogen-bond donors (Lipinski definition) is 0. The van der Waals surface area contributed by atoms with E-state index in [9.17, 15) is 9.18 Å². The summed E-state index contributed by atoms with van der Waals surface area (Å²) in [5, 5.41) is 0. The van der Waals surface area contributed by atoms with Gasteiger partial charge in [0.05, 0.1) is 5.52 Å². The summed E-state index contributed by atoms with van der Waals surface area (Å²) in [6, 6.07) is 13.9. The number of aromatic nitrogens is 2. The Bertz CT molecular complexity index is 1100. The van der Waals surface area contributed by atoms with Gasteiger partial charge in [-0.15, -0.1) is 0 Å². The van der Waals surface area contributed by atoms with Crippen molar-refractivity contribution >= 4 is 16.9 Å². The molecule has 1 aromatic heterocycles. The van der Waals surface area contributed by atoms with E-state index in [1.54, 1.807) is 6.07 Å². The summed E-state index contributed by atoms with van der Waals surface area (Å²) >= 11 is 0. The molecule has 1 saturated heterocycles. The van der Waals surface area contributed by atoms with E-state index in [1.807, 2.05) is 53.8 Å². The molecule has 2 fully saturated rings. The number of carbonyl (C=O) groups is 1. The number of fused-ring (bicyclic) bond motifs is 1. The molecule has 2 heterocycles. The van der Waals surface area contributed by atoms with Gasteiger partial charge in [0.25, 0.3) is 5.91 Å². The summed E-state index contributed by atoms with van der Waals surface area (Å²) in [6.45, 7) is 4.58. The third-order valence-corrected chi connectivity index (χ3v) is 7.12. The monoisotopic (exact) mass is 420 g/mol. The second kappa shape index (κ2) is 8.08. The van der Waals surface area contributed by atoms with Crippen LogP contribution in [0.4, 0.5) is 4.39 Å². The SMILES string of the molecule is Cc1nc2c(F)cccc2n1Cc1ccc(C(=O)N(C)C2CCN(C3CCC3)C2)cc1. The maximum absolute atomic E-state index is 14.0. The van der Waals surface area contributed by atoms with E-state index in [0.717, 1.165) is 42.5 Å². The van der Waals surface area contributed by atoms with Crippen LogP contribution in [0.25, 0.3) is 11.0 Å². The quantitative estimate of drug-likeness (QED) is 0.620. The van der Waals surface area contributed by atoms with Crippen LogP contribution in [0.15, 0.2) is 42.5 Å². The molecule has 0 spiro atoms. The number of carbonyl (C=O) groups excluding carboxylic acids is 1. The summed E-state index contributed by atoms with van der Waals surface area (Å²) in [5.41, 5.74) is 2.96. The van der Waals surface area contributed by atoms with Crippen molar-refractivity contribution < 1.29 is 9.18 Å². The van der Waals surface area contributed by atoms with Crippen molar-refractivity contribution in [3.63, 3.8) is 0 Å². The lowest BCUT2D eigenvalue weighted by Crippen LogP contribution is -2.43. The van der Waals surface area contributed by atoms with E-state index in [-0.39, 0.29) is 11.7 Å². The highest BCUT2D eigenvalue weighted by molar-refractivity contribution is 5.94. The average molecular weight is 421 g/mol. The van der Waals surface area contributed by atoms with Crippen LogP contribution in [-0.2, 0) is 6.54 Å². The molecule has 0 radical (unpaired) electrons. The molecule has 1 amide bonds. The number of likely N-dealkylation sites (tertiary alicyclic amines) is 1. The van der Waals surface area contributed by atoms with Crippen LogP contribution in [0.1, 0.15) is 47.4 Å². The van der Waals surface area contributed by atoms with Gasteiger partial charge in [0.2, 0.25) is 0 Å². The predicted molar refractivity (Wildman–Crippen MR) is 120 cm³/mol. The number of amides is 1. The number of halogens is 1. The fourth-order valence-electron chi connectivity index (χ4n) is 4.90. The fourth-order valence-corrected chi connectivity index (χ4v) is 4.90. The minimum Gasteiger partial charge on any atom is -0.337 e. The summed E-state index contributed by atoms with van der Waals surface area (Å²) in [7, 11) is 1.93. The molecule has 5 rings (SSSR count). The molecule has 1 unspecified atom stereocenters. The number of nitrogens with zero attached hydrogens (tertiary/aromatic N) is 4. The Hall–Kier alpha value is -2.73. The van der Waals surface area contributed by atoms with Crippen LogP contribution >= 0.6 is 0 Å². The van der Waals surface area contributed by atoms with Gasteiger partial charge >= 0.3 is 0 Å². The third-order valence-electron chi connectivity index (χ3n) is 7.12. The van der Waals surface area contributed by atoms with Crippen molar-refractivity contribution in [2.45, 2.75) is 51.2 Å². The van der Waals surface area contributed by atoms with Gasteiger partial charge in [0, 0.05) is 44.3 Å². The van der Waals surface area contributed by atoms with Gasteiger partial charge in [-0.05, 0) is 56.0 Å². The first kappa shape index (κ1) is 20.2. The second-order valence-electron chi connectivity index (χ2n) is 8.99. The normalized spacial score (nSPS) is 19.6. The Labute approximate surface area is 182 Å². The van der Waals surface area contributed by atoms with Gasteiger partial charge in [-0.2, -0.15) is 0 Å². The number of imidazole rings is 1. The number of aryl methyl sites for hydroxylation is 1. The van der Waals surface area contributed by atoms with E-state index in [2.05, 4.69) is 9.88 Å².